The molecule has 0 fully saturated rings. The molecule has 6 heteroatoms. The van der Waals surface area contributed by atoms with Crippen LogP contribution in [0.25, 0.3) is 10.8 Å². The molecule has 1 atom stereocenters. The third kappa shape index (κ3) is 3.22. The van der Waals surface area contributed by atoms with Crippen molar-refractivity contribution in [3.63, 3.8) is 0 Å². The lowest BCUT2D eigenvalue weighted by atomic mass is 10.1. The molecular formula is C24H19O4S2+. The normalized spacial score (nSPS) is 16.8. The van der Waals surface area contributed by atoms with Crippen LogP contribution < -0.4 is 8.92 Å². The molecule has 1 heterocycles. The van der Waals surface area contributed by atoms with Crippen molar-refractivity contribution < 1.29 is 17.3 Å². The van der Waals surface area contributed by atoms with Crippen LogP contribution in [0.5, 0.6) is 11.5 Å². The van der Waals surface area contributed by atoms with E-state index >= 15 is 0 Å². The molecule has 1 aliphatic heterocycles. The van der Waals surface area contributed by atoms with Crippen molar-refractivity contribution in [2.75, 3.05) is 6.61 Å². The van der Waals surface area contributed by atoms with E-state index in [0.29, 0.717) is 12.4 Å². The van der Waals surface area contributed by atoms with Gasteiger partial charge in [0.05, 0.1) is 6.61 Å². The highest BCUT2D eigenvalue weighted by Gasteiger charge is 2.42. The Hall–Kier alpha value is -2.96. The van der Waals surface area contributed by atoms with Gasteiger partial charge in [0.25, 0.3) is 0 Å². The summed E-state index contributed by atoms with van der Waals surface area (Å²) in [5.74, 6) is 1.16. The fourth-order valence-electron chi connectivity index (χ4n) is 3.62. The Balaban J connectivity index is 1.81. The molecular weight excluding hydrogens is 416 g/mol. The number of rotatable bonds is 3. The molecule has 0 N–H and O–H groups in total. The fourth-order valence-corrected chi connectivity index (χ4v) is 7.46. The van der Waals surface area contributed by atoms with Crippen molar-refractivity contribution in [1.82, 2.24) is 0 Å². The Bertz CT molecular complexity index is 1350. The first-order valence-electron chi connectivity index (χ1n) is 9.60. The van der Waals surface area contributed by atoms with Crippen LogP contribution in [0.15, 0.2) is 105 Å². The number of hydrogen-bond acceptors (Lipinski definition) is 4. The second-order valence-corrected chi connectivity index (χ2v) is 10.3. The Morgan fingerprint density at radius 1 is 0.833 bits per heavy atom. The Morgan fingerprint density at radius 2 is 1.50 bits per heavy atom. The summed E-state index contributed by atoms with van der Waals surface area (Å²) in [4.78, 5) is 2.81. The molecule has 30 heavy (non-hydrogen) atoms. The number of fused-ring (bicyclic) bond motifs is 3. The minimum absolute atomic E-state index is 0.217. The van der Waals surface area contributed by atoms with E-state index in [1.165, 1.54) is 0 Å². The summed E-state index contributed by atoms with van der Waals surface area (Å²) in [6.45, 7) is 2.54. The van der Waals surface area contributed by atoms with Gasteiger partial charge in [-0.1, -0.05) is 36.4 Å². The van der Waals surface area contributed by atoms with E-state index in [2.05, 4.69) is 0 Å². The highest BCUT2D eigenvalue weighted by Crippen LogP contribution is 2.44. The molecule has 0 spiro atoms. The maximum Gasteiger partial charge on any atom is 0.344 e. The van der Waals surface area contributed by atoms with Crippen molar-refractivity contribution >= 4 is 31.8 Å². The molecule has 5 rings (SSSR count). The summed E-state index contributed by atoms with van der Waals surface area (Å²) in [6.07, 6.45) is 0. The van der Waals surface area contributed by atoms with Gasteiger partial charge in [0.15, 0.2) is 20.4 Å². The second kappa shape index (κ2) is 7.38. The molecule has 150 valence electrons. The first kappa shape index (κ1) is 19.0. The van der Waals surface area contributed by atoms with Gasteiger partial charge in [-0.05, 0) is 60.2 Å². The van der Waals surface area contributed by atoms with Crippen molar-refractivity contribution in [2.24, 2.45) is 0 Å². The minimum Gasteiger partial charge on any atom is -0.494 e. The molecule has 4 nitrogen and oxygen atoms in total. The summed E-state index contributed by atoms with van der Waals surface area (Å²) in [5, 5.41) is 1.86. The number of para-hydroxylation sites is 1. The van der Waals surface area contributed by atoms with Crippen molar-refractivity contribution in [3.8, 4) is 11.5 Å². The average molecular weight is 436 g/mol. The van der Waals surface area contributed by atoms with Gasteiger partial charge in [-0.3, -0.25) is 0 Å². The highest BCUT2D eigenvalue weighted by atomic mass is 32.2. The van der Waals surface area contributed by atoms with Gasteiger partial charge in [0.1, 0.15) is 16.6 Å². The topological polar surface area (TPSA) is 52.6 Å². The van der Waals surface area contributed by atoms with Gasteiger partial charge >= 0.3 is 10.1 Å². The third-order valence-electron chi connectivity index (χ3n) is 4.94. The predicted octanol–water partition coefficient (Wildman–Crippen LogP) is 5.42. The zero-order valence-corrected chi connectivity index (χ0v) is 17.9. The van der Waals surface area contributed by atoms with E-state index in [9.17, 15) is 8.42 Å². The molecule has 0 bridgehead atoms. The van der Waals surface area contributed by atoms with Crippen LogP contribution in [-0.2, 0) is 21.0 Å². The molecule has 4 aromatic rings. The number of hydrogen-bond donors (Lipinski definition) is 0. The maximum absolute atomic E-state index is 13.2. The van der Waals surface area contributed by atoms with E-state index in [0.717, 1.165) is 31.2 Å². The summed E-state index contributed by atoms with van der Waals surface area (Å²) in [6, 6.07) is 26.7. The summed E-state index contributed by atoms with van der Waals surface area (Å²) in [7, 11) is -4.61. The van der Waals surface area contributed by atoms with Gasteiger partial charge in [0, 0.05) is 6.07 Å². The molecule has 0 saturated carbocycles. The number of ether oxygens (including phenoxy) is 1. The molecule has 1 aliphatic rings. The van der Waals surface area contributed by atoms with E-state index in [-0.39, 0.29) is 4.90 Å². The summed E-state index contributed by atoms with van der Waals surface area (Å²) >= 11 is 0. The molecule has 0 radical (unpaired) electrons. The predicted molar refractivity (Wildman–Crippen MR) is 118 cm³/mol. The van der Waals surface area contributed by atoms with Crippen LogP contribution in [-0.4, -0.2) is 15.0 Å². The van der Waals surface area contributed by atoms with Crippen molar-refractivity contribution in [2.45, 2.75) is 26.5 Å². The highest BCUT2D eigenvalue weighted by molar-refractivity contribution is 7.98. The zero-order valence-electron chi connectivity index (χ0n) is 16.2. The monoisotopic (exact) mass is 435 g/mol. The largest absolute Gasteiger partial charge is 0.494 e. The quantitative estimate of drug-likeness (QED) is 0.319. The molecule has 4 aromatic carbocycles. The average Bonchev–Trinajstić information content (AvgIpc) is 2.84. The zero-order chi connectivity index (χ0) is 20.7. The Labute approximate surface area is 178 Å². The number of benzene rings is 4. The van der Waals surface area contributed by atoms with E-state index < -0.39 is 21.0 Å². The molecule has 0 aliphatic carbocycles. The summed E-state index contributed by atoms with van der Waals surface area (Å²) < 4.78 is 37.5. The van der Waals surface area contributed by atoms with Crippen LogP contribution in [0.2, 0.25) is 0 Å². The van der Waals surface area contributed by atoms with Crippen molar-refractivity contribution in [1.29, 1.82) is 0 Å². The van der Waals surface area contributed by atoms with E-state index in [1.807, 2.05) is 73.7 Å². The third-order valence-corrected chi connectivity index (χ3v) is 8.64. The van der Waals surface area contributed by atoms with Crippen molar-refractivity contribution in [3.05, 3.63) is 84.9 Å². The Morgan fingerprint density at radius 3 is 2.23 bits per heavy atom. The fraction of sp³-hybridized carbons (Fsp3) is 0.0833. The smallest absolute Gasteiger partial charge is 0.344 e. The van der Waals surface area contributed by atoms with Gasteiger partial charge in [0.2, 0.25) is 4.90 Å². The molecule has 1 unspecified atom stereocenters. The Kier molecular flexibility index (Phi) is 4.68. The lowest BCUT2D eigenvalue weighted by Crippen LogP contribution is -2.10. The molecule has 0 saturated heterocycles. The molecule has 0 aromatic heterocycles. The van der Waals surface area contributed by atoms with Gasteiger partial charge in [-0.2, -0.15) is 8.42 Å². The SMILES string of the molecule is CCOc1ccc([S+]2c3ccccc3OS(=O)(=O)c3cc4ccccc4cc32)cc1. The second-order valence-electron chi connectivity index (χ2n) is 6.84. The maximum atomic E-state index is 13.2. The van der Waals surface area contributed by atoms with Crippen LogP contribution >= 0.6 is 0 Å². The van der Waals surface area contributed by atoms with E-state index in [4.69, 9.17) is 8.92 Å². The lowest BCUT2D eigenvalue weighted by molar-refractivity contribution is 0.340. The first-order valence-corrected chi connectivity index (χ1v) is 12.2. The van der Waals surface area contributed by atoms with Gasteiger partial charge in [-0.25, -0.2) is 0 Å². The van der Waals surface area contributed by atoms with Crippen LogP contribution in [0.4, 0.5) is 0 Å². The van der Waals surface area contributed by atoms with E-state index in [1.54, 1.807) is 18.2 Å². The minimum atomic E-state index is -3.96. The van der Waals surface area contributed by atoms with Crippen LogP contribution in [0.1, 0.15) is 6.92 Å². The lowest BCUT2D eigenvalue weighted by Gasteiger charge is -2.10. The standard InChI is InChI=1S/C24H19O4S2/c1-2-27-19-11-13-20(14-12-19)29-22-10-6-5-9-21(22)28-30(25,26)24-16-18-8-4-3-7-17(18)15-23(24)29/h3-16H,2H2,1H3/q+1. The summed E-state index contributed by atoms with van der Waals surface area (Å²) in [5.41, 5.74) is 0. The van der Waals surface area contributed by atoms with Crippen LogP contribution in [0.3, 0.4) is 0 Å². The van der Waals surface area contributed by atoms with Gasteiger partial charge in [-0.15, -0.1) is 0 Å². The van der Waals surface area contributed by atoms with Crippen LogP contribution in [0, 0.1) is 0 Å². The molecule has 0 amide bonds. The first-order chi connectivity index (χ1) is 14.6. The van der Waals surface area contributed by atoms with Gasteiger partial charge < -0.3 is 8.92 Å².